The number of carbonyl (C=O) groups is 2. The predicted octanol–water partition coefficient (Wildman–Crippen LogP) is 1.03. The molecule has 2 aliphatic heterocycles. The first-order chi connectivity index (χ1) is 12.5. The topological polar surface area (TPSA) is 85.1 Å². The van der Waals surface area contributed by atoms with Gasteiger partial charge in [0.15, 0.2) is 5.69 Å². The van der Waals surface area contributed by atoms with E-state index in [-0.39, 0.29) is 30.1 Å². The van der Waals surface area contributed by atoms with Gasteiger partial charge in [-0.15, -0.1) is 0 Å². The van der Waals surface area contributed by atoms with Crippen LogP contribution in [0.1, 0.15) is 47.8 Å². The summed E-state index contributed by atoms with van der Waals surface area (Å²) in [4.78, 5) is 27.6. The van der Waals surface area contributed by atoms with Crippen molar-refractivity contribution in [2.45, 2.75) is 43.3 Å². The van der Waals surface area contributed by atoms with Crippen LogP contribution in [-0.2, 0) is 14.3 Å². The van der Waals surface area contributed by atoms with Crippen LogP contribution in [0.15, 0.2) is 10.6 Å². The number of nitrogens with zero attached hydrogens (tertiary/aromatic N) is 3. The van der Waals surface area contributed by atoms with Crippen molar-refractivity contribution in [3.05, 3.63) is 17.5 Å². The standard InChI is InChI=1S/C18H25N3O5/c1-20(2)16(22)10-24-13-8-18(25-9-13)5-6-21(11-18)17(23)14-7-15(26-19-14)12-3-4-12/h7,12-13H,3-6,8-11H2,1-2H3/t13-,18+/m1/s1. The molecule has 1 spiro atoms. The van der Waals surface area contributed by atoms with E-state index < -0.39 is 0 Å². The molecule has 26 heavy (non-hydrogen) atoms. The van der Waals surface area contributed by atoms with Crippen LogP contribution in [0.25, 0.3) is 0 Å². The molecule has 1 saturated carbocycles. The van der Waals surface area contributed by atoms with Gasteiger partial charge in [-0.2, -0.15) is 0 Å². The third-order valence-electron chi connectivity index (χ3n) is 5.45. The largest absolute Gasteiger partial charge is 0.370 e. The quantitative estimate of drug-likeness (QED) is 0.777. The van der Waals surface area contributed by atoms with Gasteiger partial charge in [-0.3, -0.25) is 9.59 Å². The lowest BCUT2D eigenvalue weighted by Crippen LogP contribution is -2.36. The molecule has 0 aromatic carbocycles. The fourth-order valence-electron chi connectivity index (χ4n) is 3.64. The first kappa shape index (κ1) is 17.5. The highest BCUT2D eigenvalue weighted by atomic mass is 16.6. The summed E-state index contributed by atoms with van der Waals surface area (Å²) in [5, 5.41) is 3.94. The summed E-state index contributed by atoms with van der Waals surface area (Å²) < 4.78 is 17.0. The maximum Gasteiger partial charge on any atom is 0.276 e. The minimum Gasteiger partial charge on any atom is -0.370 e. The highest BCUT2D eigenvalue weighted by Crippen LogP contribution is 2.41. The van der Waals surface area contributed by atoms with Gasteiger partial charge in [0.05, 0.1) is 24.9 Å². The fraction of sp³-hybridized carbons (Fsp3) is 0.722. The van der Waals surface area contributed by atoms with Crippen molar-refractivity contribution < 1.29 is 23.6 Å². The summed E-state index contributed by atoms with van der Waals surface area (Å²) in [5.74, 6) is 1.09. The van der Waals surface area contributed by atoms with Crippen molar-refractivity contribution in [3.8, 4) is 0 Å². The van der Waals surface area contributed by atoms with Crippen LogP contribution < -0.4 is 0 Å². The number of amides is 2. The van der Waals surface area contributed by atoms with Crippen molar-refractivity contribution >= 4 is 11.8 Å². The smallest absolute Gasteiger partial charge is 0.276 e. The highest BCUT2D eigenvalue weighted by Gasteiger charge is 2.47. The van der Waals surface area contributed by atoms with E-state index in [1.54, 1.807) is 25.1 Å². The van der Waals surface area contributed by atoms with E-state index in [4.69, 9.17) is 14.0 Å². The Bertz CT molecular complexity index is 699. The van der Waals surface area contributed by atoms with Crippen molar-refractivity contribution in [2.75, 3.05) is 40.4 Å². The normalized spacial score (nSPS) is 28.1. The Morgan fingerprint density at radius 1 is 1.42 bits per heavy atom. The molecule has 2 atom stereocenters. The van der Waals surface area contributed by atoms with Gasteiger partial charge < -0.3 is 23.8 Å². The molecule has 3 fully saturated rings. The fourth-order valence-corrected chi connectivity index (χ4v) is 3.64. The van der Waals surface area contributed by atoms with Crippen molar-refractivity contribution in [2.24, 2.45) is 0 Å². The highest BCUT2D eigenvalue weighted by molar-refractivity contribution is 5.92. The van der Waals surface area contributed by atoms with Gasteiger partial charge in [-0.1, -0.05) is 5.16 Å². The number of likely N-dealkylation sites (N-methyl/N-ethyl adjacent to an activating group) is 1. The first-order valence-electron chi connectivity index (χ1n) is 9.17. The second kappa shape index (κ2) is 6.66. The molecule has 8 nitrogen and oxygen atoms in total. The number of hydrogen-bond donors (Lipinski definition) is 0. The number of aromatic nitrogens is 1. The molecule has 142 valence electrons. The van der Waals surface area contributed by atoms with Gasteiger partial charge in [-0.05, 0) is 19.3 Å². The molecule has 0 unspecified atom stereocenters. The van der Waals surface area contributed by atoms with E-state index in [1.165, 1.54) is 4.90 Å². The van der Waals surface area contributed by atoms with Gasteiger partial charge in [-0.25, -0.2) is 0 Å². The van der Waals surface area contributed by atoms with Crippen LogP contribution in [0.2, 0.25) is 0 Å². The van der Waals surface area contributed by atoms with Crippen LogP contribution in [0.3, 0.4) is 0 Å². The SMILES string of the molecule is CN(C)C(=O)CO[C@H]1CO[C@@]2(CCN(C(=O)c3cc(C4CC4)on3)C2)C1. The molecule has 1 aliphatic carbocycles. The Hall–Kier alpha value is -1.93. The molecule has 8 heteroatoms. The van der Waals surface area contributed by atoms with Gasteiger partial charge in [0.25, 0.3) is 5.91 Å². The molecule has 2 amide bonds. The summed E-state index contributed by atoms with van der Waals surface area (Å²) in [6.07, 6.45) is 3.59. The average molecular weight is 363 g/mol. The lowest BCUT2D eigenvalue weighted by molar-refractivity contribution is -0.135. The van der Waals surface area contributed by atoms with Crippen LogP contribution in [0.4, 0.5) is 0 Å². The van der Waals surface area contributed by atoms with E-state index in [9.17, 15) is 9.59 Å². The Morgan fingerprint density at radius 3 is 2.96 bits per heavy atom. The molecule has 0 bridgehead atoms. The summed E-state index contributed by atoms with van der Waals surface area (Å²) >= 11 is 0. The van der Waals surface area contributed by atoms with E-state index in [0.717, 1.165) is 25.0 Å². The van der Waals surface area contributed by atoms with Crippen LogP contribution in [0, 0.1) is 0 Å². The van der Waals surface area contributed by atoms with Gasteiger partial charge >= 0.3 is 0 Å². The molecule has 3 aliphatic rings. The van der Waals surface area contributed by atoms with Gasteiger partial charge in [0.1, 0.15) is 12.4 Å². The molecular weight excluding hydrogens is 338 g/mol. The zero-order valence-electron chi connectivity index (χ0n) is 15.3. The Morgan fingerprint density at radius 2 is 2.23 bits per heavy atom. The molecule has 0 N–H and O–H groups in total. The van der Waals surface area contributed by atoms with Gasteiger partial charge in [0.2, 0.25) is 5.91 Å². The average Bonchev–Trinajstić information content (AvgIpc) is 3.07. The minimum absolute atomic E-state index is 0.0582. The minimum atomic E-state index is -0.370. The number of rotatable bonds is 5. The number of hydrogen-bond acceptors (Lipinski definition) is 6. The van der Waals surface area contributed by atoms with Crippen LogP contribution in [-0.4, -0.2) is 78.9 Å². The summed E-state index contributed by atoms with van der Waals surface area (Å²) in [5.41, 5.74) is 0.0104. The summed E-state index contributed by atoms with van der Waals surface area (Å²) in [7, 11) is 3.41. The lowest BCUT2D eigenvalue weighted by Gasteiger charge is -2.23. The van der Waals surface area contributed by atoms with Gasteiger partial charge in [0, 0.05) is 39.0 Å². The number of ether oxygens (including phenoxy) is 2. The lowest BCUT2D eigenvalue weighted by atomic mass is 9.98. The zero-order valence-corrected chi connectivity index (χ0v) is 15.3. The molecule has 4 rings (SSSR count). The second-order valence-electron chi connectivity index (χ2n) is 7.78. The third kappa shape index (κ3) is 3.48. The van der Waals surface area contributed by atoms with Crippen LogP contribution in [0.5, 0.6) is 0 Å². The maximum atomic E-state index is 12.7. The molecule has 1 aromatic heterocycles. The second-order valence-corrected chi connectivity index (χ2v) is 7.78. The molecular formula is C18H25N3O5. The zero-order chi connectivity index (χ0) is 18.3. The number of likely N-dealkylation sites (tertiary alicyclic amines) is 1. The Balaban J connectivity index is 1.31. The van der Waals surface area contributed by atoms with E-state index in [1.807, 2.05) is 0 Å². The number of carbonyl (C=O) groups excluding carboxylic acids is 2. The maximum absolute atomic E-state index is 12.7. The van der Waals surface area contributed by atoms with E-state index in [0.29, 0.717) is 37.7 Å². The van der Waals surface area contributed by atoms with Crippen molar-refractivity contribution in [1.82, 2.24) is 15.0 Å². The van der Waals surface area contributed by atoms with E-state index >= 15 is 0 Å². The van der Waals surface area contributed by atoms with Crippen molar-refractivity contribution in [3.63, 3.8) is 0 Å². The Labute approximate surface area is 152 Å². The van der Waals surface area contributed by atoms with E-state index in [2.05, 4.69) is 5.16 Å². The summed E-state index contributed by atoms with van der Waals surface area (Å²) in [6.45, 7) is 1.67. The first-order valence-corrected chi connectivity index (χ1v) is 9.17. The predicted molar refractivity (Wildman–Crippen MR) is 90.7 cm³/mol. The van der Waals surface area contributed by atoms with Crippen molar-refractivity contribution in [1.29, 1.82) is 0 Å². The van der Waals surface area contributed by atoms with Crippen LogP contribution >= 0.6 is 0 Å². The molecule has 3 heterocycles. The monoisotopic (exact) mass is 363 g/mol. The summed E-state index contributed by atoms with van der Waals surface area (Å²) in [6, 6.07) is 1.78. The molecule has 0 radical (unpaired) electrons. The molecule has 1 aromatic rings. The Kier molecular flexibility index (Phi) is 4.48. The molecule has 2 saturated heterocycles. The third-order valence-corrected chi connectivity index (χ3v) is 5.45.